The zero-order valence-corrected chi connectivity index (χ0v) is 8.82. The second-order valence-electron chi connectivity index (χ2n) is 4.39. The summed E-state index contributed by atoms with van der Waals surface area (Å²) in [6.07, 6.45) is 10.2. The minimum absolute atomic E-state index is 0.222. The Bertz CT molecular complexity index is 255. The highest BCUT2D eigenvalue weighted by atomic mass is 16.3. The lowest BCUT2D eigenvalue weighted by atomic mass is 9.88. The Morgan fingerprint density at radius 1 is 1.64 bits per heavy atom. The quantitative estimate of drug-likeness (QED) is 0.724. The highest BCUT2D eigenvalue weighted by Crippen LogP contribution is 2.32. The number of aliphatic hydroxyl groups is 1. The Kier molecular flexibility index (Phi) is 2.92. The first-order valence-electron chi connectivity index (χ1n) is 5.57. The summed E-state index contributed by atoms with van der Waals surface area (Å²) in [5, 5.41) is 9.41. The van der Waals surface area contributed by atoms with Crippen molar-refractivity contribution >= 4 is 0 Å². The normalized spacial score (nSPS) is 28.3. The van der Waals surface area contributed by atoms with E-state index >= 15 is 0 Å². The van der Waals surface area contributed by atoms with Crippen LogP contribution in [-0.4, -0.2) is 29.2 Å². The maximum Gasteiger partial charge on any atom is 0.0686 e. The molecule has 1 N–H and O–H groups in total. The monoisotopic (exact) mass is 193 g/mol. The molecule has 78 valence electrons. The summed E-state index contributed by atoms with van der Waals surface area (Å²) in [5.74, 6) is 0.715. The molecule has 0 aromatic carbocycles. The van der Waals surface area contributed by atoms with Crippen molar-refractivity contribution in [1.29, 1.82) is 0 Å². The molecule has 0 amide bonds. The molecule has 14 heavy (non-hydrogen) atoms. The van der Waals surface area contributed by atoms with Crippen LogP contribution in [0.4, 0.5) is 0 Å². The van der Waals surface area contributed by atoms with Crippen LogP contribution in [-0.2, 0) is 0 Å². The molecule has 0 aromatic rings. The number of rotatable bonds is 2. The predicted molar refractivity (Wildman–Crippen MR) is 57.8 cm³/mol. The van der Waals surface area contributed by atoms with E-state index in [2.05, 4.69) is 23.1 Å². The van der Waals surface area contributed by atoms with Crippen LogP contribution < -0.4 is 0 Å². The molecule has 1 saturated heterocycles. The Balaban J connectivity index is 2.08. The Hall–Kier alpha value is -0.760. The minimum atomic E-state index is -0.222. The standard InChI is InChI=1S/C12H19NO/c1-10(14)9-13-8-4-6-11-5-2-3-7-12(11)13/h2-3,7,10-11,14H,4-6,8-9H2,1H3. The number of nitrogens with zero attached hydrogens (tertiary/aromatic N) is 1. The molecule has 0 radical (unpaired) electrons. The van der Waals surface area contributed by atoms with Gasteiger partial charge < -0.3 is 10.0 Å². The summed E-state index contributed by atoms with van der Waals surface area (Å²) in [6, 6.07) is 0. The fourth-order valence-corrected chi connectivity index (χ4v) is 2.47. The zero-order valence-electron chi connectivity index (χ0n) is 8.82. The van der Waals surface area contributed by atoms with Crippen LogP contribution in [0.15, 0.2) is 23.9 Å². The fraction of sp³-hybridized carbons (Fsp3) is 0.667. The number of β-amino-alcohol motifs (C(OH)–C–C–N with tert-alkyl or cyclic N) is 1. The van der Waals surface area contributed by atoms with Gasteiger partial charge in [-0.2, -0.15) is 0 Å². The predicted octanol–water partition coefficient (Wildman–Crippen LogP) is 1.92. The van der Waals surface area contributed by atoms with E-state index in [0.717, 1.165) is 13.1 Å². The molecular formula is C12H19NO. The van der Waals surface area contributed by atoms with Crippen molar-refractivity contribution in [1.82, 2.24) is 4.90 Å². The molecule has 1 aliphatic heterocycles. The van der Waals surface area contributed by atoms with E-state index in [1.54, 1.807) is 0 Å². The van der Waals surface area contributed by atoms with Gasteiger partial charge in [0.15, 0.2) is 0 Å². The molecule has 1 heterocycles. The average molecular weight is 193 g/mol. The van der Waals surface area contributed by atoms with Crippen molar-refractivity contribution < 1.29 is 5.11 Å². The summed E-state index contributed by atoms with van der Waals surface area (Å²) < 4.78 is 0. The van der Waals surface area contributed by atoms with Gasteiger partial charge in [-0.25, -0.2) is 0 Å². The number of piperidine rings is 1. The molecule has 2 rings (SSSR count). The molecule has 2 aliphatic rings. The Labute approximate surface area is 85.9 Å². The van der Waals surface area contributed by atoms with Crippen LogP contribution >= 0.6 is 0 Å². The second kappa shape index (κ2) is 4.18. The largest absolute Gasteiger partial charge is 0.392 e. The third kappa shape index (κ3) is 2.01. The van der Waals surface area contributed by atoms with Crippen molar-refractivity contribution in [3.05, 3.63) is 23.9 Å². The highest BCUT2D eigenvalue weighted by Gasteiger charge is 2.25. The molecule has 0 spiro atoms. The second-order valence-corrected chi connectivity index (χ2v) is 4.39. The van der Waals surface area contributed by atoms with Crippen molar-refractivity contribution in [3.63, 3.8) is 0 Å². The number of hydrogen-bond donors (Lipinski definition) is 1. The maximum absolute atomic E-state index is 9.41. The highest BCUT2D eigenvalue weighted by molar-refractivity contribution is 5.21. The van der Waals surface area contributed by atoms with Crippen molar-refractivity contribution in [2.75, 3.05) is 13.1 Å². The van der Waals surface area contributed by atoms with E-state index in [0.29, 0.717) is 5.92 Å². The SMILES string of the molecule is CC(O)CN1CCCC2CC=CC=C21. The summed E-state index contributed by atoms with van der Waals surface area (Å²) in [7, 11) is 0. The molecule has 2 unspecified atom stereocenters. The maximum atomic E-state index is 9.41. The number of likely N-dealkylation sites (tertiary alicyclic amines) is 1. The smallest absolute Gasteiger partial charge is 0.0686 e. The number of hydrogen-bond acceptors (Lipinski definition) is 2. The van der Waals surface area contributed by atoms with Gasteiger partial charge in [0.05, 0.1) is 6.10 Å². The molecule has 1 fully saturated rings. The van der Waals surface area contributed by atoms with Gasteiger partial charge >= 0.3 is 0 Å². The van der Waals surface area contributed by atoms with Gasteiger partial charge in [-0.15, -0.1) is 0 Å². The zero-order chi connectivity index (χ0) is 9.97. The van der Waals surface area contributed by atoms with Crippen LogP contribution in [0.25, 0.3) is 0 Å². The van der Waals surface area contributed by atoms with Gasteiger partial charge in [-0.05, 0) is 32.3 Å². The first-order chi connectivity index (χ1) is 6.77. The van der Waals surface area contributed by atoms with E-state index < -0.39 is 0 Å². The van der Waals surface area contributed by atoms with Gasteiger partial charge in [0.1, 0.15) is 0 Å². The van der Waals surface area contributed by atoms with Crippen molar-refractivity contribution in [3.8, 4) is 0 Å². The summed E-state index contributed by atoms with van der Waals surface area (Å²) in [6.45, 7) is 3.76. The lowest BCUT2D eigenvalue weighted by Crippen LogP contribution is -2.38. The van der Waals surface area contributed by atoms with E-state index in [4.69, 9.17) is 0 Å². The first kappa shape index (κ1) is 9.78. The molecule has 2 heteroatoms. The first-order valence-corrected chi connectivity index (χ1v) is 5.57. The molecule has 0 saturated carbocycles. The number of allylic oxidation sites excluding steroid dienone is 4. The Morgan fingerprint density at radius 3 is 3.29 bits per heavy atom. The topological polar surface area (TPSA) is 23.5 Å². The third-order valence-corrected chi connectivity index (χ3v) is 3.07. The fourth-order valence-electron chi connectivity index (χ4n) is 2.47. The number of fused-ring (bicyclic) bond motifs is 1. The van der Waals surface area contributed by atoms with Gasteiger partial charge in [0.25, 0.3) is 0 Å². The van der Waals surface area contributed by atoms with Crippen LogP contribution in [0, 0.1) is 5.92 Å². The van der Waals surface area contributed by atoms with E-state index in [1.807, 2.05) is 6.92 Å². The van der Waals surface area contributed by atoms with Gasteiger partial charge in [0.2, 0.25) is 0 Å². The molecule has 2 nitrogen and oxygen atoms in total. The molecule has 2 atom stereocenters. The van der Waals surface area contributed by atoms with E-state index in [-0.39, 0.29) is 6.10 Å². The molecule has 1 aliphatic carbocycles. The average Bonchev–Trinajstić information content (AvgIpc) is 2.18. The molecular weight excluding hydrogens is 174 g/mol. The van der Waals surface area contributed by atoms with Gasteiger partial charge in [-0.3, -0.25) is 0 Å². The van der Waals surface area contributed by atoms with Crippen molar-refractivity contribution in [2.24, 2.45) is 5.92 Å². The molecule has 0 bridgehead atoms. The van der Waals surface area contributed by atoms with E-state index in [1.165, 1.54) is 25.0 Å². The molecule has 0 aromatic heterocycles. The lowest BCUT2D eigenvalue weighted by Gasteiger charge is -2.38. The van der Waals surface area contributed by atoms with Crippen LogP contribution in [0.5, 0.6) is 0 Å². The van der Waals surface area contributed by atoms with Crippen molar-refractivity contribution in [2.45, 2.75) is 32.3 Å². The van der Waals surface area contributed by atoms with Crippen LogP contribution in [0.1, 0.15) is 26.2 Å². The summed E-state index contributed by atoms with van der Waals surface area (Å²) in [5.41, 5.74) is 1.44. The minimum Gasteiger partial charge on any atom is -0.392 e. The lowest BCUT2D eigenvalue weighted by molar-refractivity contribution is 0.124. The van der Waals surface area contributed by atoms with Crippen LogP contribution in [0.2, 0.25) is 0 Å². The number of aliphatic hydroxyl groups excluding tert-OH is 1. The van der Waals surface area contributed by atoms with E-state index in [9.17, 15) is 5.11 Å². The summed E-state index contributed by atoms with van der Waals surface area (Å²) >= 11 is 0. The van der Waals surface area contributed by atoms with Crippen LogP contribution in [0.3, 0.4) is 0 Å². The Morgan fingerprint density at radius 2 is 2.50 bits per heavy atom. The van der Waals surface area contributed by atoms with Gasteiger partial charge in [0, 0.05) is 24.7 Å². The van der Waals surface area contributed by atoms with Gasteiger partial charge in [-0.1, -0.05) is 12.2 Å². The summed E-state index contributed by atoms with van der Waals surface area (Å²) in [4.78, 5) is 2.35. The third-order valence-electron chi connectivity index (χ3n) is 3.07.